The van der Waals surface area contributed by atoms with Crippen LogP contribution in [0.1, 0.15) is 17.7 Å². The van der Waals surface area contributed by atoms with Crippen molar-refractivity contribution >= 4 is 10.1 Å². The molecule has 5 heteroatoms. The summed E-state index contributed by atoms with van der Waals surface area (Å²) >= 11 is 0. The first kappa shape index (κ1) is 11.2. The Balaban J connectivity index is 3.15. The van der Waals surface area contributed by atoms with Gasteiger partial charge in [0.1, 0.15) is 5.25 Å². The number of hydrogen-bond donors (Lipinski definition) is 2. The van der Waals surface area contributed by atoms with Gasteiger partial charge in [0, 0.05) is 6.04 Å². The van der Waals surface area contributed by atoms with Gasteiger partial charge in [-0.25, -0.2) is 0 Å². The van der Waals surface area contributed by atoms with Gasteiger partial charge in [-0.1, -0.05) is 30.3 Å². The summed E-state index contributed by atoms with van der Waals surface area (Å²) in [6.45, 7) is 1.55. The van der Waals surface area contributed by atoms with E-state index in [9.17, 15) is 8.42 Å². The normalized spacial score (nSPS) is 16.2. The molecule has 1 aromatic carbocycles. The number of hydrogen-bond acceptors (Lipinski definition) is 3. The summed E-state index contributed by atoms with van der Waals surface area (Å²) < 4.78 is 31.1. The smallest absolute Gasteiger partial charge is 0.273 e. The highest BCUT2D eigenvalue weighted by Gasteiger charge is 2.28. The second-order valence-corrected chi connectivity index (χ2v) is 4.74. The molecule has 0 fully saturated rings. The average Bonchev–Trinajstić information content (AvgIpc) is 2.02. The second kappa shape index (κ2) is 4.08. The lowest BCUT2D eigenvalue weighted by Crippen LogP contribution is -2.30. The SMILES string of the molecule is C[C@@H](N)[C@@H](c1ccccc1)S(=O)(=O)O. The van der Waals surface area contributed by atoms with Crippen molar-refractivity contribution in [3.05, 3.63) is 35.9 Å². The van der Waals surface area contributed by atoms with Gasteiger partial charge < -0.3 is 5.73 Å². The molecule has 0 aliphatic rings. The van der Waals surface area contributed by atoms with Gasteiger partial charge in [-0.05, 0) is 12.5 Å². The van der Waals surface area contributed by atoms with E-state index in [1.54, 1.807) is 37.3 Å². The number of benzene rings is 1. The van der Waals surface area contributed by atoms with Crippen molar-refractivity contribution in [2.24, 2.45) is 5.73 Å². The van der Waals surface area contributed by atoms with Crippen molar-refractivity contribution in [2.45, 2.75) is 18.2 Å². The molecule has 0 saturated carbocycles. The lowest BCUT2D eigenvalue weighted by molar-refractivity contribution is 0.458. The van der Waals surface area contributed by atoms with E-state index >= 15 is 0 Å². The maximum atomic E-state index is 11.0. The van der Waals surface area contributed by atoms with E-state index in [1.807, 2.05) is 0 Å². The van der Waals surface area contributed by atoms with Crippen molar-refractivity contribution in [3.8, 4) is 0 Å². The van der Waals surface area contributed by atoms with E-state index in [1.165, 1.54) is 0 Å². The van der Waals surface area contributed by atoms with Crippen LogP contribution in [0.2, 0.25) is 0 Å². The largest absolute Gasteiger partial charge is 0.326 e. The zero-order valence-electron chi connectivity index (χ0n) is 7.79. The molecule has 0 aliphatic heterocycles. The van der Waals surface area contributed by atoms with E-state index in [2.05, 4.69) is 0 Å². The minimum absolute atomic E-state index is 0.505. The highest BCUT2D eigenvalue weighted by atomic mass is 32.2. The van der Waals surface area contributed by atoms with Gasteiger partial charge in [0.25, 0.3) is 10.1 Å². The summed E-state index contributed by atoms with van der Waals surface area (Å²) in [5, 5.41) is -1.05. The summed E-state index contributed by atoms with van der Waals surface area (Å²) in [6, 6.07) is 7.79. The third-order valence-corrected chi connectivity index (χ3v) is 3.27. The van der Waals surface area contributed by atoms with E-state index in [0.29, 0.717) is 5.56 Å². The van der Waals surface area contributed by atoms with Crippen LogP contribution >= 0.6 is 0 Å². The predicted octanol–water partition coefficient (Wildman–Crippen LogP) is 0.963. The lowest BCUT2D eigenvalue weighted by atomic mass is 10.1. The van der Waals surface area contributed by atoms with Gasteiger partial charge in [0.15, 0.2) is 0 Å². The molecular formula is C9H13NO3S. The molecule has 78 valence electrons. The fourth-order valence-corrected chi connectivity index (χ4v) is 2.43. The van der Waals surface area contributed by atoms with Gasteiger partial charge in [0.2, 0.25) is 0 Å². The van der Waals surface area contributed by atoms with Gasteiger partial charge in [-0.15, -0.1) is 0 Å². The third kappa shape index (κ3) is 2.54. The predicted molar refractivity (Wildman–Crippen MR) is 54.4 cm³/mol. The molecule has 0 heterocycles. The van der Waals surface area contributed by atoms with Crippen LogP contribution in [-0.4, -0.2) is 19.0 Å². The highest BCUT2D eigenvalue weighted by molar-refractivity contribution is 7.86. The minimum atomic E-state index is -4.14. The number of nitrogens with two attached hydrogens (primary N) is 1. The van der Waals surface area contributed by atoms with Gasteiger partial charge >= 0.3 is 0 Å². The van der Waals surface area contributed by atoms with Crippen LogP contribution in [0.15, 0.2) is 30.3 Å². The molecule has 2 atom stereocenters. The molecule has 14 heavy (non-hydrogen) atoms. The Morgan fingerprint density at radius 3 is 2.14 bits per heavy atom. The van der Waals surface area contributed by atoms with Gasteiger partial charge in [0.05, 0.1) is 0 Å². The van der Waals surface area contributed by atoms with Crippen LogP contribution in [-0.2, 0) is 10.1 Å². The summed E-state index contributed by atoms with van der Waals surface area (Å²) in [7, 11) is -4.14. The van der Waals surface area contributed by atoms with Gasteiger partial charge in [-0.3, -0.25) is 4.55 Å². The topological polar surface area (TPSA) is 80.4 Å². The molecule has 1 rings (SSSR count). The molecule has 0 unspecified atom stereocenters. The molecule has 0 bridgehead atoms. The first-order chi connectivity index (χ1) is 6.43. The van der Waals surface area contributed by atoms with E-state index in [-0.39, 0.29) is 0 Å². The third-order valence-electron chi connectivity index (χ3n) is 1.93. The van der Waals surface area contributed by atoms with Crippen molar-refractivity contribution < 1.29 is 13.0 Å². The molecule has 1 aromatic rings. The Morgan fingerprint density at radius 1 is 1.29 bits per heavy atom. The standard InChI is InChI=1S/C9H13NO3S/c1-7(10)9(14(11,12)13)8-5-3-2-4-6-8/h2-7,9H,10H2,1H3,(H,11,12,13)/t7-,9+/m1/s1. The Hall–Kier alpha value is -0.910. The van der Waals surface area contributed by atoms with Crippen LogP contribution < -0.4 is 5.73 Å². The summed E-state index contributed by atoms with van der Waals surface area (Å²) in [5.74, 6) is 0. The van der Waals surface area contributed by atoms with Crippen molar-refractivity contribution in [3.63, 3.8) is 0 Å². The van der Waals surface area contributed by atoms with E-state index in [4.69, 9.17) is 10.3 Å². The first-order valence-electron chi connectivity index (χ1n) is 4.19. The monoisotopic (exact) mass is 215 g/mol. The zero-order chi connectivity index (χ0) is 10.8. The van der Waals surface area contributed by atoms with Crippen LogP contribution in [0.3, 0.4) is 0 Å². The summed E-state index contributed by atoms with van der Waals surface area (Å²) in [4.78, 5) is 0. The van der Waals surface area contributed by atoms with Crippen LogP contribution in [0.5, 0.6) is 0 Å². The Kier molecular flexibility index (Phi) is 3.25. The van der Waals surface area contributed by atoms with Crippen LogP contribution in [0, 0.1) is 0 Å². The molecule has 0 aromatic heterocycles. The van der Waals surface area contributed by atoms with E-state index in [0.717, 1.165) is 0 Å². The molecule has 0 amide bonds. The Morgan fingerprint density at radius 2 is 1.79 bits per heavy atom. The quantitative estimate of drug-likeness (QED) is 0.736. The van der Waals surface area contributed by atoms with Gasteiger partial charge in [-0.2, -0.15) is 8.42 Å². The summed E-state index contributed by atoms with van der Waals surface area (Å²) in [5.41, 5.74) is 6.02. The van der Waals surface area contributed by atoms with Crippen LogP contribution in [0.25, 0.3) is 0 Å². The fraction of sp³-hybridized carbons (Fsp3) is 0.333. The highest BCUT2D eigenvalue weighted by Crippen LogP contribution is 2.23. The Labute approximate surface area is 83.5 Å². The molecule has 0 aliphatic carbocycles. The van der Waals surface area contributed by atoms with E-state index < -0.39 is 21.4 Å². The fourth-order valence-electron chi connectivity index (χ4n) is 1.39. The lowest BCUT2D eigenvalue weighted by Gasteiger charge is -2.17. The molecule has 0 radical (unpaired) electrons. The van der Waals surface area contributed by atoms with Crippen molar-refractivity contribution in [1.29, 1.82) is 0 Å². The second-order valence-electron chi connectivity index (χ2n) is 3.21. The zero-order valence-corrected chi connectivity index (χ0v) is 8.61. The average molecular weight is 215 g/mol. The van der Waals surface area contributed by atoms with Crippen molar-refractivity contribution in [1.82, 2.24) is 0 Å². The van der Waals surface area contributed by atoms with Crippen molar-refractivity contribution in [2.75, 3.05) is 0 Å². The Bertz CT molecular complexity index is 386. The first-order valence-corrected chi connectivity index (χ1v) is 5.70. The maximum absolute atomic E-state index is 11.0. The molecule has 0 saturated heterocycles. The molecule has 4 nitrogen and oxygen atoms in total. The maximum Gasteiger partial charge on any atom is 0.273 e. The molecule has 3 N–H and O–H groups in total. The summed E-state index contributed by atoms with van der Waals surface area (Å²) in [6.07, 6.45) is 0. The minimum Gasteiger partial charge on any atom is -0.326 e. The molecular weight excluding hydrogens is 202 g/mol. The van der Waals surface area contributed by atoms with Crippen LogP contribution in [0.4, 0.5) is 0 Å². The molecule has 0 spiro atoms. The number of rotatable bonds is 3.